The van der Waals surface area contributed by atoms with Gasteiger partial charge in [0.15, 0.2) is 0 Å². The third-order valence-corrected chi connectivity index (χ3v) is 3.28. The van der Waals surface area contributed by atoms with Crippen molar-refractivity contribution in [2.75, 3.05) is 20.1 Å². The predicted molar refractivity (Wildman–Crippen MR) is 66.2 cm³/mol. The number of nitro benzene ring substituents is 1. The van der Waals surface area contributed by atoms with Crippen LogP contribution in [0.5, 0.6) is 0 Å². The number of nitro groups is 1. The first kappa shape index (κ1) is 12.3. The molecule has 0 amide bonds. The smallest absolute Gasteiger partial charge is 0.275 e. The summed E-state index contributed by atoms with van der Waals surface area (Å²) in [7, 11) is 1.98. The van der Waals surface area contributed by atoms with E-state index in [4.69, 9.17) is 11.6 Å². The quantitative estimate of drug-likeness (QED) is 0.657. The summed E-state index contributed by atoms with van der Waals surface area (Å²) >= 11 is 5.77. The van der Waals surface area contributed by atoms with E-state index < -0.39 is 0 Å². The summed E-state index contributed by atoms with van der Waals surface area (Å²) in [6, 6.07) is 5.29. The molecule has 1 fully saturated rings. The van der Waals surface area contributed by atoms with E-state index in [0.29, 0.717) is 23.2 Å². The Balaban J connectivity index is 2.16. The van der Waals surface area contributed by atoms with Gasteiger partial charge in [-0.25, -0.2) is 0 Å². The van der Waals surface area contributed by atoms with Crippen molar-refractivity contribution in [3.8, 4) is 0 Å². The highest BCUT2D eigenvalue weighted by atomic mass is 35.5. The molecule has 6 heteroatoms. The minimum absolute atomic E-state index is 0.0941. The molecule has 0 atom stereocenters. The highest BCUT2D eigenvalue weighted by Gasteiger charge is 2.23. The number of hydrogen-bond donors (Lipinski definition) is 1. The topological polar surface area (TPSA) is 58.4 Å². The van der Waals surface area contributed by atoms with Gasteiger partial charge in [-0.2, -0.15) is 0 Å². The second-order valence-corrected chi connectivity index (χ2v) is 4.69. The first-order chi connectivity index (χ1) is 8.08. The van der Waals surface area contributed by atoms with Crippen LogP contribution in [0.2, 0.25) is 5.02 Å². The standard InChI is InChI=1S/C11H14ClN3O2/c1-14(10-5-13-6-10)7-8-2-3-9(12)4-11(8)15(16)17/h2-4,10,13H,5-7H2,1H3. The van der Waals surface area contributed by atoms with Gasteiger partial charge in [0.1, 0.15) is 0 Å². The van der Waals surface area contributed by atoms with E-state index in [1.54, 1.807) is 12.1 Å². The lowest BCUT2D eigenvalue weighted by Crippen LogP contribution is -2.55. The van der Waals surface area contributed by atoms with Crippen molar-refractivity contribution in [3.63, 3.8) is 0 Å². The molecule has 0 spiro atoms. The van der Waals surface area contributed by atoms with Crippen LogP contribution in [0.3, 0.4) is 0 Å². The van der Waals surface area contributed by atoms with Gasteiger partial charge in [-0.05, 0) is 19.2 Å². The Bertz CT molecular complexity index is 435. The fourth-order valence-electron chi connectivity index (χ4n) is 1.82. The van der Waals surface area contributed by atoms with Crippen LogP contribution in [0.15, 0.2) is 18.2 Å². The molecule has 1 aliphatic rings. The molecule has 0 aromatic heterocycles. The number of benzene rings is 1. The predicted octanol–water partition coefficient (Wildman–Crippen LogP) is 1.65. The molecule has 0 aliphatic carbocycles. The normalized spacial score (nSPS) is 15.9. The lowest BCUT2D eigenvalue weighted by Gasteiger charge is -2.35. The molecule has 1 aliphatic heterocycles. The van der Waals surface area contributed by atoms with Crippen LogP contribution in [0.4, 0.5) is 5.69 Å². The zero-order valence-corrected chi connectivity index (χ0v) is 10.3. The SMILES string of the molecule is CN(Cc1ccc(Cl)cc1[N+](=O)[O-])C1CNC1. The Morgan fingerprint density at radius 2 is 2.29 bits per heavy atom. The number of likely N-dealkylation sites (N-methyl/N-ethyl adjacent to an activating group) is 1. The Kier molecular flexibility index (Phi) is 3.61. The van der Waals surface area contributed by atoms with Gasteiger partial charge in [-0.3, -0.25) is 15.0 Å². The summed E-state index contributed by atoms with van der Waals surface area (Å²) < 4.78 is 0. The molecule has 2 rings (SSSR count). The Labute approximate surface area is 105 Å². The minimum atomic E-state index is -0.381. The molecule has 1 aromatic carbocycles. The molecule has 1 saturated heterocycles. The lowest BCUT2D eigenvalue weighted by molar-refractivity contribution is -0.385. The zero-order valence-electron chi connectivity index (χ0n) is 9.52. The number of halogens is 1. The molecule has 0 radical (unpaired) electrons. The maximum Gasteiger partial charge on any atom is 0.275 e. The van der Waals surface area contributed by atoms with Crippen molar-refractivity contribution >= 4 is 17.3 Å². The van der Waals surface area contributed by atoms with E-state index in [1.807, 2.05) is 7.05 Å². The van der Waals surface area contributed by atoms with E-state index >= 15 is 0 Å². The highest BCUT2D eigenvalue weighted by Crippen LogP contribution is 2.24. The van der Waals surface area contributed by atoms with Gasteiger partial charge in [-0.1, -0.05) is 11.6 Å². The van der Waals surface area contributed by atoms with Gasteiger partial charge in [0, 0.05) is 42.3 Å². The highest BCUT2D eigenvalue weighted by molar-refractivity contribution is 6.30. The molecule has 1 heterocycles. The maximum atomic E-state index is 10.9. The average molecular weight is 256 g/mol. The van der Waals surface area contributed by atoms with Crippen LogP contribution in [0.25, 0.3) is 0 Å². The Morgan fingerprint density at radius 1 is 1.59 bits per heavy atom. The third kappa shape index (κ3) is 2.74. The van der Waals surface area contributed by atoms with E-state index in [-0.39, 0.29) is 10.6 Å². The largest absolute Gasteiger partial charge is 0.314 e. The van der Waals surface area contributed by atoms with Gasteiger partial charge >= 0.3 is 0 Å². The molecular formula is C11H14ClN3O2. The molecule has 5 nitrogen and oxygen atoms in total. The molecule has 0 unspecified atom stereocenters. The molecule has 1 aromatic rings. The minimum Gasteiger partial charge on any atom is -0.314 e. The summed E-state index contributed by atoms with van der Waals surface area (Å²) in [5.74, 6) is 0. The number of rotatable bonds is 4. The maximum absolute atomic E-state index is 10.9. The number of nitrogens with zero attached hydrogens (tertiary/aromatic N) is 2. The average Bonchev–Trinajstić information content (AvgIpc) is 2.17. The van der Waals surface area contributed by atoms with E-state index in [0.717, 1.165) is 13.1 Å². The van der Waals surface area contributed by atoms with Crippen molar-refractivity contribution in [1.82, 2.24) is 10.2 Å². The molecular weight excluding hydrogens is 242 g/mol. The number of hydrogen-bond acceptors (Lipinski definition) is 4. The van der Waals surface area contributed by atoms with Crippen LogP contribution >= 0.6 is 11.6 Å². The molecule has 17 heavy (non-hydrogen) atoms. The van der Waals surface area contributed by atoms with Crippen LogP contribution in [0, 0.1) is 10.1 Å². The first-order valence-electron chi connectivity index (χ1n) is 5.41. The molecule has 92 valence electrons. The summed E-state index contributed by atoms with van der Waals surface area (Å²) in [6.07, 6.45) is 0. The van der Waals surface area contributed by atoms with Crippen LogP contribution in [-0.4, -0.2) is 36.0 Å². The van der Waals surface area contributed by atoms with Gasteiger partial charge in [-0.15, -0.1) is 0 Å². The fourth-order valence-corrected chi connectivity index (χ4v) is 1.99. The lowest BCUT2D eigenvalue weighted by atomic mass is 10.1. The van der Waals surface area contributed by atoms with Crippen molar-refractivity contribution in [2.24, 2.45) is 0 Å². The van der Waals surface area contributed by atoms with Gasteiger partial charge in [0.25, 0.3) is 5.69 Å². The van der Waals surface area contributed by atoms with Gasteiger partial charge < -0.3 is 5.32 Å². The zero-order chi connectivity index (χ0) is 12.4. The monoisotopic (exact) mass is 255 g/mol. The summed E-state index contributed by atoms with van der Waals surface area (Å²) in [5.41, 5.74) is 0.797. The molecule has 0 saturated carbocycles. The van der Waals surface area contributed by atoms with Crippen molar-refractivity contribution in [2.45, 2.75) is 12.6 Å². The second-order valence-electron chi connectivity index (χ2n) is 4.26. The van der Waals surface area contributed by atoms with Gasteiger partial charge in [0.05, 0.1) is 4.92 Å². The van der Waals surface area contributed by atoms with Crippen molar-refractivity contribution in [3.05, 3.63) is 38.9 Å². The van der Waals surface area contributed by atoms with Crippen LogP contribution in [-0.2, 0) is 6.54 Å². The van der Waals surface area contributed by atoms with Crippen LogP contribution in [0.1, 0.15) is 5.56 Å². The second kappa shape index (κ2) is 5.00. The van der Waals surface area contributed by atoms with Crippen molar-refractivity contribution in [1.29, 1.82) is 0 Å². The number of nitrogens with one attached hydrogen (secondary N) is 1. The van der Waals surface area contributed by atoms with Crippen molar-refractivity contribution < 1.29 is 4.92 Å². The van der Waals surface area contributed by atoms with E-state index in [2.05, 4.69) is 10.2 Å². The van der Waals surface area contributed by atoms with E-state index in [1.165, 1.54) is 6.07 Å². The Hall–Kier alpha value is -1.17. The summed E-state index contributed by atoms with van der Waals surface area (Å²) in [4.78, 5) is 12.7. The summed E-state index contributed by atoms with van der Waals surface area (Å²) in [6.45, 7) is 2.45. The third-order valence-electron chi connectivity index (χ3n) is 3.05. The molecule has 0 bridgehead atoms. The van der Waals surface area contributed by atoms with Crippen LogP contribution < -0.4 is 5.32 Å². The molecule has 1 N–H and O–H groups in total. The van der Waals surface area contributed by atoms with Gasteiger partial charge in [0.2, 0.25) is 0 Å². The Morgan fingerprint density at radius 3 is 2.82 bits per heavy atom. The first-order valence-corrected chi connectivity index (χ1v) is 5.79. The summed E-state index contributed by atoms with van der Waals surface area (Å²) in [5, 5.41) is 14.5. The fraction of sp³-hybridized carbons (Fsp3) is 0.455. The van der Waals surface area contributed by atoms with E-state index in [9.17, 15) is 10.1 Å².